The summed E-state index contributed by atoms with van der Waals surface area (Å²) in [7, 11) is 0. The van der Waals surface area contributed by atoms with Crippen molar-refractivity contribution in [1.82, 2.24) is 4.90 Å². The Labute approximate surface area is 96.5 Å². The molecule has 1 rings (SSSR count). The van der Waals surface area contributed by atoms with Crippen LogP contribution in [0.5, 0.6) is 0 Å². The van der Waals surface area contributed by atoms with Crippen LogP contribution in [0.2, 0.25) is 0 Å². The molecule has 2 unspecified atom stereocenters. The highest BCUT2D eigenvalue weighted by atomic mass is 32.2. The van der Waals surface area contributed by atoms with Gasteiger partial charge in [-0.05, 0) is 6.92 Å². The van der Waals surface area contributed by atoms with E-state index in [0.717, 1.165) is 6.92 Å². The van der Waals surface area contributed by atoms with Crippen LogP contribution < -0.4 is 5.73 Å². The number of hydrogen-bond donors (Lipinski definition) is 1. The van der Waals surface area contributed by atoms with E-state index < -0.39 is 17.6 Å². The Morgan fingerprint density at radius 1 is 1.50 bits per heavy atom. The lowest BCUT2D eigenvalue weighted by atomic mass is 10.0. The molecule has 1 fully saturated rings. The summed E-state index contributed by atoms with van der Waals surface area (Å²) in [5.74, 6) is -0.381. The summed E-state index contributed by atoms with van der Waals surface area (Å²) >= 11 is 1.64. The van der Waals surface area contributed by atoms with Gasteiger partial charge in [-0.25, -0.2) is 0 Å². The minimum atomic E-state index is -4.71. The Bertz CT molecular complexity index is 280. The zero-order valence-corrected chi connectivity index (χ0v) is 9.99. The number of thioether (sulfide) groups is 1. The topological polar surface area (TPSA) is 46.3 Å². The highest BCUT2D eigenvalue weighted by Gasteiger charge is 2.55. The van der Waals surface area contributed by atoms with E-state index in [4.69, 9.17) is 5.73 Å². The molecule has 0 radical (unpaired) electrons. The summed E-state index contributed by atoms with van der Waals surface area (Å²) in [4.78, 5) is 12.9. The molecule has 2 N–H and O–H groups in total. The van der Waals surface area contributed by atoms with E-state index in [0.29, 0.717) is 18.8 Å². The molecular formula is C9H15F3N2OS. The summed E-state index contributed by atoms with van der Waals surface area (Å²) in [5.41, 5.74) is 2.31. The van der Waals surface area contributed by atoms with Crippen LogP contribution in [0.3, 0.4) is 0 Å². The van der Waals surface area contributed by atoms with Crippen molar-refractivity contribution in [3.8, 4) is 0 Å². The van der Waals surface area contributed by atoms with Gasteiger partial charge in [0.1, 0.15) is 0 Å². The van der Waals surface area contributed by atoms with Crippen molar-refractivity contribution >= 4 is 17.7 Å². The van der Waals surface area contributed by atoms with Crippen LogP contribution in [-0.2, 0) is 4.79 Å². The van der Waals surface area contributed by atoms with Crippen molar-refractivity contribution in [3.63, 3.8) is 0 Å². The third-order valence-corrected chi connectivity index (χ3v) is 3.70. The second-order valence-electron chi connectivity index (χ2n) is 4.13. The lowest BCUT2D eigenvalue weighted by Crippen LogP contribution is -2.63. The average molecular weight is 256 g/mol. The maximum Gasteiger partial charge on any atom is 0.415 e. The number of amides is 1. The Kier molecular flexibility index (Phi) is 3.79. The molecule has 1 amide bonds. The third-order valence-electron chi connectivity index (χ3n) is 2.56. The van der Waals surface area contributed by atoms with E-state index in [-0.39, 0.29) is 5.25 Å². The Morgan fingerprint density at radius 2 is 2.06 bits per heavy atom. The summed E-state index contributed by atoms with van der Waals surface area (Å²) in [6.07, 6.45) is -4.71. The molecule has 1 aliphatic rings. The van der Waals surface area contributed by atoms with Crippen LogP contribution in [0.15, 0.2) is 0 Å². The fraction of sp³-hybridized carbons (Fsp3) is 0.889. The highest BCUT2D eigenvalue weighted by Crippen LogP contribution is 2.30. The minimum Gasteiger partial charge on any atom is -0.339 e. The molecular weight excluding hydrogens is 241 g/mol. The first-order chi connectivity index (χ1) is 7.16. The van der Waals surface area contributed by atoms with E-state index in [1.807, 2.05) is 6.92 Å². The minimum absolute atomic E-state index is 0.154. The molecule has 1 saturated heterocycles. The Hall–Kier alpha value is -0.430. The molecule has 0 bridgehead atoms. The van der Waals surface area contributed by atoms with E-state index in [1.165, 1.54) is 4.90 Å². The van der Waals surface area contributed by atoms with E-state index in [2.05, 4.69) is 0 Å². The SMILES string of the molecule is CC1CN(C(=O)C(C)(N)C(F)(F)F)CCS1. The van der Waals surface area contributed by atoms with Gasteiger partial charge in [0.25, 0.3) is 5.91 Å². The van der Waals surface area contributed by atoms with Gasteiger partial charge in [-0.2, -0.15) is 24.9 Å². The smallest absolute Gasteiger partial charge is 0.339 e. The molecule has 94 valence electrons. The van der Waals surface area contributed by atoms with Crippen molar-refractivity contribution in [2.24, 2.45) is 5.73 Å². The number of carbonyl (C=O) groups is 1. The molecule has 0 aromatic carbocycles. The van der Waals surface area contributed by atoms with Crippen molar-refractivity contribution in [3.05, 3.63) is 0 Å². The molecule has 0 aromatic heterocycles. The van der Waals surface area contributed by atoms with Crippen molar-refractivity contribution in [2.75, 3.05) is 18.8 Å². The van der Waals surface area contributed by atoms with Gasteiger partial charge >= 0.3 is 6.18 Å². The number of rotatable bonds is 1. The second-order valence-corrected chi connectivity index (χ2v) is 5.68. The first-order valence-electron chi connectivity index (χ1n) is 4.93. The Morgan fingerprint density at radius 3 is 2.50 bits per heavy atom. The maximum atomic E-state index is 12.6. The number of carbonyl (C=O) groups excluding carboxylic acids is 1. The van der Waals surface area contributed by atoms with Crippen molar-refractivity contribution < 1.29 is 18.0 Å². The van der Waals surface area contributed by atoms with Gasteiger partial charge in [0.2, 0.25) is 0 Å². The lowest BCUT2D eigenvalue weighted by molar-refractivity contribution is -0.193. The predicted molar refractivity (Wildman–Crippen MR) is 57.1 cm³/mol. The van der Waals surface area contributed by atoms with Crippen molar-refractivity contribution in [2.45, 2.75) is 30.8 Å². The molecule has 16 heavy (non-hydrogen) atoms. The fourth-order valence-corrected chi connectivity index (χ4v) is 2.47. The van der Waals surface area contributed by atoms with Gasteiger partial charge in [0, 0.05) is 24.1 Å². The second kappa shape index (κ2) is 4.44. The summed E-state index contributed by atoms with van der Waals surface area (Å²) in [6.45, 7) is 3.26. The van der Waals surface area contributed by atoms with Gasteiger partial charge < -0.3 is 10.6 Å². The van der Waals surface area contributed by atoms with Gasteiger partial charge in [0.05, 0.1) is 0 Å². The lowest BCUT2D eigenvalue weighted by Gasteiger charge is -2.36. The molecule has 0 spiro atoms. The van der Waals surface area contributed by atoms with Gasteiger partial charge in [-0.1, -0.05) is 6.92 Å². The monoisotopic (exact) mass is 256 g/mol. The zero-order chi connectivity index (χ0) is 12.6. The van der Waals surface area contributed by atoms with Gasteiger partial charge in [-0.15, -0.1) is 0 Å². The first kappa shape index (κ1) is 13.6. The molecule has 7 heteroatoms. The third kappa shape index (κ3) is 2.63. The highest BCUT2D eigenvalue weighted by molar-refractivity contribution is 7.99. The predicted octanol–water partition coefficient (Wildman–Crippen LogP) is 1.23. The van der Waals surface area contributed by atoms with Crippen molar-refractivity contribution in [1.29, 1.82) is 0 Å². The number of hydrogen-bond acceptors (Lipinski definition) is 3. The number of halogens is 3. The van der Waals surface area contributed by atoms with Crippen LogP contribution in [-0.4, -0.2) is 46.6 Å². The van der Waals surface area contributed by atoms with Gasteiger partial charge in [-0.3, -0.25) is 4.79 Å². The van der Waals surface area contributed by atoms with E-state index in [1.54, 1.807) is 11.8 Å². The molecule has 0 aromatic rings. The van der Waals surface area contributed by atoms with Gasteiger partial charge in [0.15, 0.2) is 5.54 Å². The fourth-order valence-electron chi connectivity index (χ4n) is 1.45. The van der Waals surface area contributed by atoms with Crippen LogP contribution in [0.4, 0.5) is 13.2 Å². The number of nitrogens with two attached hydrogens (primary N) is 1. The van der Waals surface area contributed by atoms with Crippen LogP contribution in [0.1, 0.15) is 13.8 Å². The molecule has 0 saturated carbocycles. The normalized spacial score (nSPS) is 26.4. The van der Waals surface area contributed by atoms with Crippen LogP contribution in [0.25, 0.3) is 0 Å². The molecule has 0 aliphatic carbocycles. The zero-order valence-electron chi connectivity index (χ0n) is 9.17. The maximum absolute atomic E-state index is 12.6. The molecule has 1 aliphatic heterocycles. The summed E-state index contributed by atoms with van der Waals surface area (Å²) in [5, 5.41) is 0.154. The molecule has 1 heterocycles. The molecule has 3 nitrogen and oxygen atoms in total. The first-order valence-corrected chi connectivity index (χ1v) is 5.97. The quantitative estimate of drug-likeness (QED) is 0.767. The van der Waals surface area contributed by atoms with E-state index in [9.17, 15) is 18.0 Å². The van der Waals surface area contributed by atoms with E-state index >= 15 is 0 Å². The summed E-state index contributed by atoms with van der Waals surface area (Å²) < 4.78 is 37.7. The van der Waals surface area contributed by atoms with Crippen LogP contribution in [0, 0.1) is 0 Å². The summed E-state index contributed by atoms with van der Waals surface area (Å²) in [6, 6.07) is 0. The standard InChI is InChI=1S/C9H15F3N2OS/c1-6-5-14(3-4-16-6)7(15)8(2,13)9(10,11)12/h6H,3-5,13H2,1-2H3. The van der Waals surface area contributed by atoms with Crippen LogP contribution >= 0.6 is 11.8 Å². The number of nitrogens with zero attached hydrogens (tertiary/aromatic N) is 1. The average Bonchev–Trinajstić information content (AvgIpc) is 2.14. The molecule has 2 atom stereocenters. The largest absolute Gasteiger partial charge is 0.415 e. The number of alkyl halides is 3. The Balaban J connectivity index is 2.77.